The van der Waals surface area contributed by atoms with Crippen LogP contribution in [0.5, 0.6) is 5.75 Å². The van der Waals surface area contributed by atoms with Crippen LogP contribution >= 0.6 is 0 Å². The van der Waals surface area contributed by atoms with Crippen molar-refractivity contribution in [2.75, 3.05) is 19.5 Å². The molecule has 1 saturated carbocycles. The van der Waals surface area contributed by atoms with Gasteiger partial charge >= 0.3 is 17.9 Å². The summed E-state index contributed by atoms with van der Waals surface area (Å²) in [6.45, 7) is 0. The van der Waals surface area contributed by atoms with Crippen molar-refractivity contribution < 1.29 is 33.0 Å². The molecule has 5 rings (SSSR count). The van der Waals surface area contributed by atoms with Crippen molar-refractivity contribution in [1.82, 2.24) is 0 Å². The van der Waals surface area contributed by atoms with Crippen LogP contribution in [0.2, 0.25) is 0 Å². The quantitative estimate of drug-likeness (QED) is 0.359. The van der Waals surface area contributed by atoms with Crippen molar-refractivity contribution in [2.24, 2.45) is 0 Å². The van der Waals surface area contributed by atoms with E-state index in [1.54, 1.807) is 12.1 Å². The molecule has 3 aromatic rings. The Balaban J connectivity index is 1.93. The molecule has 0 radical (unpaired) electrons. The molecule has 0 bridgehead atoms. The van der Waals surface area contributed by atoms with E-state index in [-0.39, 0.29) is 50.4 Å². The second kappa shape index (κ2) is 7.91. The summed E-state index contributed by atoms with van der Waals surface area (Å²) in [4.78, 5) is 51.7. The monoisotopic (exact) mass is 451 g/mol. The van der Waals surface area contributed by atoms with E-state index in [0.717, 1.165) is 39.2 Å². The average Bonchev–Trinajstić information content (AvgIpc) is 3.13. The molecule has 0 unspecified atom stereocenters. The first-order valence-electron chi connectivity index (χ1n) is 10.7. The Morgan fingerprint density at radius 3 is 2.45 bits per heavy atom. The first-order chi connectivity index (χ1) is 15.9. The van der Waals surface area contributed by atoms with Crippen LogP contribution in [0.15, 0.2) is 27.4 Å². The molecule has 0 atom stereocenters. The summed E-state index contributed by atoms with van der Waals surface area (Å²) in [6, 6.07) is 4.67. The molecule has 2 heterocycles. The normalized spacial score (nSPS) is 16.1. The van der Waals surface area contributed by atoms with Gasteiger partial charge in [0.2, 0.25) is 5.43 Å². The Morgan fingerprint density at radius 1 is 1.03 bits per heavy atom. The van der Waals surface area contributed by atoms with E-state index in [2.05, 4.69) is 5.32 Å². The minimum absolute atomic E-state index is 0.00266. The van der Waals surface area contributed by atoms with Gasteiger partial charge in [0.15, 0.2) is 5.58 Å². The Morgan fingerprint density at radius 2 is 1.76 bits per heavy atom. The maximum absolute atomic E-state index is 13.6. The number of carbonyl (C=O) groups is 3. The number of esters is 3. The molecule has 33 heavy (non-hydrogen) atoms. The molecule has 170 valence electrons. The van der Waals surface area contributed by atoms with Gasteiger partial charge in [-0.25, -0.2) is 14.4 Å². The van der Waals surface area contributed by atoms with Gasteiger partial charge in [-0.2, -0.15) is 0 Å². The van der Waals surface area contributed by atoms with Gasteiger partial charge in [-0.1, -0.05) is 19.3 Å². The lowest BCUT2D eigenvalue weighted by atomic mass is 9.92. The Bertz CT molecular complexity index is 1400. The van der Waals surface area contributed by atoms with Crippen molar-refractivity contribution in [3.63, 3.8) is 0 Å². The minimum atomic E-state index is -1.00. The third kappa shape index (κ3) is 3.23. The summed E-state index contributed by atoms with van der Waals surface area (Å²) in [6.07, 6.45) is 4.82. The van der Waals surface area contributed by atoms with E-state index in [1.165, 1.54) is 13.2 Å². The van der Waals surface area contributed by atoms with Crippen LogP contribution < -0.4 is 15.5 Å². The molecule has 0 saturated heterocycles. The molecular weight excluding hydrogens is 430 g/mol. The fourth-order valence-corrected chi connectivity index (χ4v) is 4.68. The van der Waals surface area contributed by atoms with Crippen molar-refractivity contribution in [1.29, 1.82) is 0 Å². The number of rotatable bonds is 4. The summed E-state index contributed by atoms with van der Waals surface area (Å²) in [7, 11) is 2.62. The number of carbonyl (C=O) groups excluding carboxylic acids is 3. The number of hydrogen-bond acceptors (Lipinski definition) is 9. The molecule has 0 spiro atoms. The molecule has 1 aliphatic carbocycles. The molecule has 1 aromatic heterocycles. The number of anilines is 1. The van der Waals surface area contributed by atoms with Gasteiger partial charge in [-0.05, 0) is 25.0 Å². The maximum atomic E-state index is 13.6. The van der Waals surface area contributed by atoms with E-state index in [0.29, 0.717) is 5.75 Å². The largest absolute Gasteiger partial charge is 0.497 e. The second-order valence-electron chi connectivity index (χ2n) is 8.15. The number of nitrogens with one attached hydrogen (secondary N) is 1. The molecule has 2 aliphatic rings. The topological polar surface area (TPSA) is 121 Å². The highest BCUT2D eigenvalue weighted by Gasteiger charge is 2.41. The zero-order valence-electron chi connectivity index (χ0n) is 18.1. The molecule has 9 heteroatoms. The lowest BCUT2D eigenvalue weighted by Crippen LogP contribution is -2.25. The molecule has 9 nitrogen and oxygen atoms in total. The zero-order chi connectivity index (χ0) is 23.3. The van der Waals surface area contributed by atoms with Crippen LogP contribution in [0.3, 0.4) is 0 Å². The van der Waals surface area contributed by atoms with Gasteiger partial charge in [0.25, 0.3) is 0 Å². The van der Waals surface area contributed by atoms with E-state index >= 15 is 0 Å². The molecular formula is C24H21NO8. The summed E-state index contributed by atoms with van der Waals surface area (Å²) >= 11 is 0. The summed E-state index contributed by atoms with van der Waals surface area (Å²) in [5.41, 5.74) is -0.877. The number of fused-ring (bicyclic) bond motifs is 3. The molecule has 1 N–H and O–H groups in total. The van der Waals surface area contributed by atoms with Gasteiger partial charge in [0.1, 0.15) is 16.9 Å². The first-order valence-corrected chi connectivity index (χ1v) is 10.7. The molecule has 0 amide bonds. The van der Waals surface area contributed by atoms with Crippen LogP contribution in [0, 0.1) is 0 Å². The van der Waals surface area contributed by atoms with E-state index < -0.39 is 23.3 Å². The van der Waals surface area contributed by atoms with Crippen LogP contribution in [0.4, 0.5) is 5.69 Å². The second-order valence-corrected chi connectivity index (χ2v) is 8.15. The number of cyclic esters (lactones) is 2. The van der Waals surface area contributed by atoms with Crippen LogP contribution in [-0.2, 0) is 9.47 Å². The van der Waals surface area contributed by atoms with Gasteiger partial charge < -0.3 is 23.9 Å². The highest BCUT2D eigenvalue weighted by Crippen LogP contribution is 2.40. The predicted octanol–water partition coefficient (Wildman–Crippen LogP) is 3.80. The van der Waals surface area contributed by atoms with Crippen molar-refractivity contribution >= 4 is 45.5 Å². The lowest BCUT2D eigenvalue weighted by Gasteiger charge is -2.25. The van der Waals surface area contributed by atoms with E-state index in [9.17, 15) is 19.2 Å². The van der Waals surface area contributed by atoms with E-state index in [1.807, 2.05) is 0 Å². The Labute approximate surface area is 187 Å². The SMILES string of the molecule is COC(=O)c1c2c(c(NC3CCCCC3)c3oc4cc(OC)ccc4c(=O)c13)C(=O)OC2=O. The van der Waals surface area contributed by atoms with Crippen LogP contribution in [0.25, 0.3) is 21.9 Å². The van der Waals surface area contributed by atoms with Gasteiger partial charge in [0.05, 0.1) is 41.8 Å². The highest BCUT2D eigenvalue weighted by molar-refractivity contribution is 6.27. The number of benzene rings is 2. The molecule has 2 aromatic carbocycles. The first kappa shape index (κ1) is 21.0. The number of methoxy groups -OCH3 is 2. The van der Waals surface area contributed by atoms with Crippen LogP contribution in [-0.4, -0.2) is 38.2 Å². The highest BCUT2D eigenvalue weighted by atomic mass is 16.6. The van der Waals surface area contributed by atoms with Gasteiger partial charge in [0, 0.05) is 12.1 Å². The van der Waals surface area contributed by atoms with Crippen molar-refractivity contribution in [2.45, 2.75) is 38.1 Å². The Hall–Kier alpha value is -3.88. The zero-order valence-corrected chi connectivity index (χ0v) is 18.1. The fraction of sp³-hybridized carbons (Fsp3) is 0.333. The predicted molar refractivity (Wildman–Crippen MR) is 118 cm³/mol. The summed E-state index contributed by atoms with van der Waals surface area (Å²) in [5, 5.41) is 3.36. The fourth-order valence-electron chi connectivity index (χ4n) is 4.68. The van der Waals surface area contributed by atoms with Crippen molar-refractivity contribution in [3.8, 4) is 5.75 Å². The average molecular weight is 451 g/mol. The number of ether oxygens (including phenoxy) is 3. The summed E-state index contributed by atoms with van der Waals surface area (Å²) in [5.74, 6) is -2.38. The maximum Gasteiger partial charge on any atom is 0.349 e. The number of hydrogen-bond donors (Lipinski definition) is 1. The third-order valence-electron chi connectivity index (χ3n) is 6.26. The summed E-state index contributed by atoms with van der Waals surface area (Å²) < 4.78 is 21.1. The van der Waals surface area contributed by atoms with Crippen LogP contribution in [0.1, 0.15) is 63.2 Å². The molecule has 1 fully saturated rings. The molecule has 1 aliphatic heterocycles. The standard InChI is InChI=1S/C24H21NO8/c1-30-12-8-9-13-14(10-12)32-21-18(20(13)26)16(22(27)31-2)15-17(24(29)33-23(15)28)19(21)25-11-6-4-3-5-7-11/h8-11,25H,3-7H2,1-2H3. The van der Waals surface area contributed by atoms with E-state index in [4.69, 9.17) is 18.6 Å². The third-order valence-corrected chi connectivity index (χ3v) is 6.26. The Kier molecular flexibility index (Phi) is 5.03. The minimum Gasteiger partial charge on any atom is -0.497 e. The van der Waals surface area contributed by atoms with Gasteiger partial charge in [-0.15, -0.1) is 0 Å². The smallest absolute Gasteiger partial charge is 0.349 e. The lowest BCUT2D eigenvalue weighted by molar-refractivity contribution is 0.0437. The van der Waals surface area contributed by atoms with Gasteiger partial charge in [-0.3, -0.25) is 4.79 Å². The van der Waals surface area contributed by atoms with Crippen molar-refractivity contribution in [3.05, 3.63) is 45.1 Å².